The maximum Gasteiger partial charge on any atom is 0.410 e. The molecular weight excluding hydrogens is 304 g/mol. The van der Waals surface area contributed by atoms with Gasteiger partial charge in [0, 0.05) is 25.2 Å². The average Bonchev–Trinajstić information content (AvgIpc) is 2.90. The van der Waals surface area contributed by atoms with Crippen LogP contribution in [0.15, 0.2) is 18.2 Å². The summed E-state index contributed by atoms with van der Waals surface area (Å²) in [5.74, 6) is 0.968. The van der Waals surface area contributed by atoms with Gasteiger partial charge in [0.2, 0.25) is 0 Å². The van der Waals surface area contributed by atoms with Gasteiger partial charge in [-0.05, 0) is 58.7 Å². The smallest absolute Gasteiger partial charge is 0.410 e. The first-order chi connectivity index (χ1) is 11.3. The third-order valence-electron chi connectivity index (χ3n) is 4.59. The monoisotopic (exact) mass is 332 g/mol. The lowest BCUT2D eigenvalue weighted by Crippen LogP contribution is -2.40. The fraction of sp³-hybridized carbons (Fsp3) is 0.632. The summed E-state index contributed by atoms with van der Waals surface area (Å²) in [7, 11) is 2.11. The molecule has 5 nitrogen and oxygen atoms in total. The number of fused-ring (bicyclic) bond motifs is 1. The molecule has 1 aromatic carbocycles. The lowest BCUT2D eigenvalue weighted by atomic mass is 9.99. The average molecular weight is 332 g/mol. The molecule has 0 aliphatic carbocycles. The van der Waals surface area contributed by atoms with Crippen molar-refractivity contribution in [1.29, 1.82) is 0 Å². The van der Waals surface area contributed by atoms with Crippen LogP contribution in [0.2, 0.25) is 0 Å². The van der Waals surface area contributed by atoms with Crippen LogP contribution in [0.5, 0.6) is 5.75 Å². The fourth-order valence-electron chi connectivity index (χ4n) is 3.34. The minimum atomic E-state index is -0.463. The van der Waals surface area contributed by atoms with Crippen LogP contribution in [0.25, 0.3) is 0 Å². The van der Waals surface area contributed by atoms with Gasteiger partial charge < -0.3 is 14.4 Å². The second kappa shape index (κ2) is 6.63. The largest absolute Gasteiger partial charge is 0.475 e. The number of nitrogens with zero attached hydrogens (tertiary/aromatic N) is 2. The Morgan fingerprint density at radius 2 is 2.04 bits per heavy atom. The minimum Gasteiger partial charge on any atom is -0.475 e. The van der Waals surface area contributed by atoms with Gasteiger partial charge in [-0.1, -0.05) is 12.1 Å². The zero-order valence-corrected chi connectivity index (χ0v) is 15.2. The van der Waals surface area contributed by atoms with Crippen molar-refractivity contribution in [1.82, 2.24) is 9.80 Å². The van der Waals surface area contributed by atoms with E-state index < -0.39 is 5.60 Å². The number of rotatable bonds is 2. The summed E-state index contributed by atoms with van der Waals surface area (Å²) in [4.78, 5) is 16.3. The molecular formula is C19H28N2O3. The number of hydrogen-bond donors (Lipinski definition) is 0. The van der Waals surface area contributed by atoms with Crippen molar-refractivity contribution in [2.45, 2.75) is 58.4 Å². The first-order valence-corrected chi connectivity index (χ1v) is 8.79. The maximum absolute atomic E-state index is 12.3. The van der Waals surface area contributed by atoms with Crippen molar-refractivity contribution in [2.24, 2.45) is 0 Å². The molecule has 2 heterocycles. The van der Waals surface area contributed by atoms with Crippen LogP contribution in [0.3, 0.4) is 0 Å². The first-order valence-electron chi connectivity index (χ1n) is 8.79. The SMILES string of the molecule is CN1CCCC1Oc1cccc2c1CCN(C(=O)OC(C)(C)C)C2. The molecule has 0 bridgehead atoms. The fourth-order valence-corrected chi connectivity index (χ4v) is 3.34. The molecule has 1 atom stereocenters. The summed E-state index contributed by atoms with van der Waals surface area (Å²) >= 11 is 0. The summed E-state index contributed by atoms with van der Waals surface area (Å²) in [6.07, 6.45) is 2.99. The standard InChI is InChI=1S/C19H28N2O3/c1-19(2,3)24-18(22)21-12-10-15-14(13-21)7-5-8-16(15)23-17-9-6-11-20(17)4/h5,7-8,17H,6,9-13H2,1-4H3. The normalized spacial score (nSPS) is 21.5. The van der Waals surface area contributed by atoms with Crippen LogP contribution in [0.1, 0.15) is 44.7 Å². The lowest BCUT2D eigenvalue weighted by Gasteiger charge is -2.32. The van der Waals surface area contributed by atoms with Crippen LogP contribution in [0.4, 0.5) is 4.79 Å². The topological polar surface area (TPSA) is 42.0 Å². The Balaban J connectivity index is 1.71. The van der Waals surface area contributed by atoms with Gasteiger partial charge in [0.15, 0.2) is 6.23 Å². The second-order valence-corrected chi connectivity index (χ2v) is 7.74. The Bertz CT molecular complexity index is 609. The summed E-state index contributed by atoms with van der Waals surface area (Å²) in [6.45, 7) is 8.03. The number of likely N-dealkylation sites (tertiary alicyclic amines) is 1. The van der Waals surface area contributed by atoms with E-state index in [4.69, 9.17) is 9.47 Å². The first kappa shape index (κ1) is 17.1. The predicted octanol–water partition coefficient (Wildman–Crippen LogP) is 3.41. The second-order valence-electron chi connectivity index (χ2n) is 7.74. The van der Waals surface area contributed by atoms with Gasteiger partial charge in [0.25, 0.3) is 0 Å². The van der Waals surface area contributed by atoms with Crippen molar-refractivity contribution >= 4 is 6.09 Å². The maximum atomic E-state index is 12.3. The zero-order valence-electron chi connectivity index (χ0n) is 15.2. The van der Waals surface area contributed by atoms with E-state index >= 15 is 0 Å². The van der Waals surface area contributed by atoms with Crippen molar-refractivity contribution in [3.05, 3.63) is 29.3 Å². The Kier molecular flexibility index (Phi) is 4.72. The van der Waals surface area contributed by atoms with Crippen LogP contribution in [-0.4, -0.2) is 47.9 Å². The van der Waals surface area contributed by atoms with Crippen molar-refractivity contribution in [2.75, 3.05) is 20.1 Å². The predicted molar refractivity (Wildman–Crippen MR) is 93.1 cm³/mol. The van der Waals surface area contributed by atoms with Crippen LogP contribution in [-0.2, 0) is 17.7 Å². The molecule has 1 aromatic rings. The number of carbonyl (C=O) groups is 1. The Labute approximate surface area is 144 Å². The summed E-state index contributed by atoms with van der Waals surface area (Å²) in [5, 5.41) is 0. The number of carbonyl (C=O) groups excluding carboxylic acids is 1. The molecule has 0 saturated carbocycles. The molecule has 0 N–H and O–H groups in total. The Morgan fingerprint density at radius 3 is 2.71 bits per heavy atom. The number of hydrogen-bond acceptors (Lipinski definition) is 4. The van der Waals surface area contributed by atoms with Crippen LogP contribution < -0.4 is 4.74 Å². The van der Waals surface area contributed by atoms with Crippen molar-refractivity contribution in [3.63, 3.8) is 0 Å². The van der Waals surface area contributed by atoms with E-state index in [0.29, 0.717) is 13.1 Å². The molecule has 2 aliphatic heterocycles. The molecule has 1 fully saturated rings. The van der Waals surface area contributed by atoms with Gasteiger partial charge in [0.1, 0.15) is 11.4 Å². The molecule has 1 saturated heterocycles. The third kappa shape index (κ3) is 3.83. The molecule has 132 valence electrons. The number of amides is 1. The van der Waals surface area contributed by atoms with Gasteiger partial charge in [-0.3, -0.25) is 4.90 Å². The number of ether oxygens (including phenoxy) is 2. The molecule has 0 aromatic heterocycles. The molecule has 0 radical (unpaired) electrons. The molecule has 3 rings (SSSR count). The van der Waals surface area contributed by atoms with E-state index in [1.165, 1.54) is 12.0 Å². The van der Waals surface area contributed by atoms with E-state index in [-0.39, 0.29) is 12.3 Å². The third-order valence-corrected chi connectivity index (χ3v) is 4.59. The molecule has 0 spiro atoms. The molecule has 5 heteroatoms. The summed E-state index contributed by atoms with van der Waals surface area (Å²) < 4.78 is 11.7. The van der Waals surface area contributed by atoms with E-state index in [0.717, 1.165) is 30.7 Å². The van der Waals surface area contributed by atoms with E-state index in [1.807, 2.05) is 32.9 Å². The van der Waals surface area contributed by atoms with Crippen molar-refractivity contribution in [3.8, 4) is 5.75 Å². The summed E-state index contributed by atoms with van der Waals surface area (Å²) in [5.41, 5.74) is 1.93. The highest BCUT2D eigenvalue weighted by Gasteiger charge is 2.28. The van der Waals surface area contributed by atoms with Crippen LogP contribution in [0, 0.1) is 0 Å². The lowest BCUT2D eigenvalue weighted by molar-refractivity contribution is 0.0220. The van der Waals surface area contributed by atoms with E-state index in [2.05, 4.69) is 18.0 Å². The van der Waals surface area contributed by atoms with Gasteiger partial charge >= 0.3 is 6.09 Å². The summed E-state index contributed by atoms with van der Waals surface area (Å²) in [6, 6.07) is 6.15. The molecule has 1 amide bonds. The van der Waals surface area contributed by atoms with Gasteiger partial charge in [-0.25, -0.2) is 4.79 Å². The van der Waals surface area contributed by atoms with Crippen LogP contribution >= 0.6 is 0 Å². The van der Waals surface area contributed by atoms with Gasteiger partial charge in [0.05, 0.1) is 0 Å². The molecule has 1 unspecified atom stereocenters. The minimum absolute atomic E-state index is 0.167. The van der Waals surface area contributed by atoms with Gasteiger partial charge in [-0.15, -0.1) is 0 Å². The van der Waals surface area contributed by atoms with E-state index in [9.17, 15) is 4.79 Å². The highest BCUT2D eigenvalue weighted by Crippen LogP contribution is 2.31. The Hall–Kier alpha value is -1.75. The molecule has 2 aliphatic rings. The number of benzene rings is 1. The van der Waals surface area contributed by atoms with Gasteiger partial charge in [-0.2, -0.15) is 0 Å². The molecule has 24 heavy (non-hydrogen) atoms. The highest BCUT2D eigenvalue weighted by molar-refractivity contribution is 5.69. The quantitative estimate of drug-likeness (QED) is 0.832. The zero-order chi connectivity index (χ0) is 17.3. The Morgan fingerprint density at radius 1 is 1.25 bits per heavy atom. The van der Waals surface area contributed by atoms with Crippen molar-refractivity contribution < 1.29 is 14.3 Å². The highest BCUT2D eigenvalue weighted by atomic mass is 16.6. The van der Waals surface area contributed by atoms with E-state index in [1.54, 1.807) is 4.90 Å².